The number of rotatable bonds is 5. The van der Waals surface area contributed by atoms with E-state index in [0.29, 0.717) is 12.3 Å². The zero-order chi connectivity index (χ0) is 22.6. The lowest BCUT2D eigenvalue weighted by Gasteiger charge is -2.47. The molecule has 6 nitrogen and oxygen atoms in total. The van der Waals surface area contributed by atoms with Crippen molar-refractivity contribution in [1.29, 1.82) is 0 Å². The molecule has 2 aliphatic carbocycles. The van der Waals surface area contributed by atoms with Gasteiger partial charge in [0.15, 0.2) is 0 Å². The summed E-state index contributed by atoms with van der Waals surface area (Å²) in [6, 6.07) is 6.55. The van der Waals surface area contributed by atoms with Crippen LogP contribution in [0.4, 0.5) is 0 Å². The maximum atomic E-state index is 13.6. The van der Waals surface area contributed by atoms with Gasteiger partial charge in [0.2, 0.25) is 5.91 Å². The van der Waals surface area contributed by atoms with E-state index in [4.69, 9.17) is 5.10 Å². The highest BCUT2D eigenvalue weighted by molar-refractivity contribution is 5.88. The number of benzene rings is 1. The molecule has 0 spiro atoms. The third kappa shape index (κ3) is 3.61. The largest absolute Gasteiger partial charge is 0.481 e. The number of hydrogen-bond acceptors (Lipinski definition) is 3. The van der Waals surface area contributed by atoms with Crippen LogP contribution in [0.15, 0.2) is 18.2 Å². The summed E-state index contributed by atoms with van der Waals surface area (Å²) in [7, 11) is 1.99. The topological polar surface area (TPSA) is 75.4 Å². The number of carboxylic acids is 1. The molecule has 6 heteroatoms. The standard InChI is InChI=1S/C26H35N3O3/c1-26(2,24-23-17(16-12-13-16)7-4-11-21(23)28(3)27-24)15-22(30)29-14-6-9-18-19(25(31)32)8-5-10-20(18)29/h4,7,11,16,18-20H,5-6,8-10,12-15H2,1-3H3,(H,31,32). The van der Waals surface area contributed by atoms with Crippen molar-refractivity contribution in [2.24, 2.45) is 18.9 Å². The zero-order valence-corrected chi connectivity index (χ0v) is 19.5. The van der Waals surface area contributed by atoms with Gasteiger partial charge in [-0.2, -0.15) is 5.10 Å². The van der Waals surface area contributed by atoms with E-state index in [1.165, 1.54) is 23.8 Å². The molecule has 0 radical (unpaired) electrons. The minimum atomic E-state index is -0.693. The van der Waals surface area contributed by atoms with E-state index in [1.54, 1.807) is 0 Å². The molecule has 1 saturated heterocycles. The molecule has 5 rings (SSSR count). The molecule has 3 unspecified atom stereocenters. The molecular weight excluding hydrogens is 402 g/mol. The Bertz CT molecular complexity index is 1050. The van der Waals surface area contributed by atoms with Crippen LogP contribution in [0.5, 0.6) is 0 Å². The fourth-order valence-corrected chi connectivity index (χ4v) is 6.41. The van der Waals surface area contributed by atoms with Crippen LogP contribution >= 0.6 is 0 Å². The highest BCUT2D eigenvalue weighted by atomic mass is 16.4. The number of carbonyl (C=O) groups excluding carboxylic acids is 1. The molecule has 1 aliphatic heterocycles. The van der Waals surface area contributed by atoms with Gasteiger partial charge in [-0.3, -0.25) is 14.3 Å². The summed E-state index contributed by atoms with van der Waals surface area (Å²) in [5.74, 6) is -0.135. The summed E-state index contributed by atoms with van der Waals surface area (Å²) in [5, 5.41) is 15.8. The molecule has 172 valence electrons. The number of carbonyl (C=O) groups is 2. The average molecular weight is 438 g/mol. The molecule has 2 aromatic rings. The number of aromatic nitrogens is 2. The predicted octanol–water partition coefficient (Wildman–Crippen LogP) is 4.61. The Labute approximate surface area is 190 Å². The van der Waals surface area contributed by atoms with E-state index < -0.39 is 11.4 Å². The first kappa shape index (κ1) is 21.5. The molecule has 3 atom stereocenters. The molecule has 3 aliphatic rings. The first-order chi connectivity index (χ1) is 15.3. The molecule has 2 saturated carbocycles. The van der Waals surface area contributed by atoms with Gasteiger partial charge in [0, 0.05) is 36.9 Å². The van der Waals surface area contributed by atoms with E-state index in [0.717, 1.165) is 49.9 Å². The smallest absolute Gasteiger partial charge is 0.306 e. The summed E-state index contributed by atoms with van der Waals surface area (Å²) in [6.45, 7) is 5.02. The maximum absolute atomic E-state index is 13.6. The fraction of sp³-hybridized carbons (Fsp3) is 0.654. The van der Waals surface area contributed by atoms with Crippen LogP contribution in [0.1, 0.15) is 82.4 Å². The van der Waals surface area contributed by atoms with Crippen molar-refractivity contribution in [3.05, 3.63) is 29.5 Å². The number of piperidine rings is 1. The van der Waals surface area contributed by atoms with Gasteiger partial charge in [0.25, 0.3) is 0 Å². The number of amides is 1. The van der Waals surface area contributed by atoms with Crippen molar-refractivity contribution in [3.63, 3.8) is 0 Å². The number of fused-ring (bicyclic) bond motifs is 2. The van der Waals surface area contributed by atoms with Crippen molar-refractivity contribution in [2.75, 3.05) is 6.54 Å². The quantitative estimate of drug-likeness (QED) is 0.741. The van der Waals surface area contributed by atoms with Crippen LogP contribution in [-0.2, 0) is 22.1 Å². The van der Waals surface area contributed by atoms with Gasteiger partial charge in [-0.1, -0.05) is 32.4 Å². The number of aryl methyl sites for hydroxylation is 1. The lowest BCUT2D eigenvalue weighted by Crippen LogP contribution is -2.54. The lowest BCUT2D eigenvalue weighted by molar-refractivity contribution is -0.152. The van der Waals surface area contributed by atoms with Crippen molar-refractivity contribution >= 4 is 22.8 Å². The summed E-state index contributed by atoms with van der Waals surface area (Å²) in [4.78, 5) is 27.5. The second-order valence-electron chi connectivity index (χ2n) is 10.9. The Kier molecular flexibility index (Phi) is 5.30. The van der Waals surface area contributed by atoms with Gasteiger partial charge in [0.05, 0.1) is 17.1 Å². The second kappa shape index (κ2) is 7.89. The van der Waals surface area contributed by atoms with Crippen molar-refractivity contribution in [3.8, 4) is 0 Å². The van der Waals surface area contributed by atoms with Crippen molar-refractivity contribution < 1.29 is 14.7 Å². The normalized spacial score (nSPS) is 26.2. The predicted molar refractivity (Wildman–Crippen MR) is 124 cm³/mol. The van der Waals surface area contributed by atoms with Crippen LogP contribution in [0.25, 0.3) is 10.9 Å². The van der Waals surface area contributed by atoms with Crippen molar-refractivity contribution in [1.82, 2.24) is 14.7 Å². The lowest BCUT2D eigenvalue weighted by atomic mass is 9.71. The Hall–Kier alpha value is -2.37. The van der Waals surface area contributed by atoms with Gasteiger partial charge in [-0.25, -0.2) is 0 Å². The molecule has 2 heterocycles. The molecule has 1 aromatic heterocycles. The van der Waals surface area contributed by atoms with Crippen LogP contribution in [0.3, 0.4) is 0 Å². The van der Waals surface area contributed by atoms with Crippen LogP contribution < -0.4 is 0 Å². The molecule has 1 aromatic carbocycles. The van der Waals surface area contributed by atoms with Crippen LogP contribution in [0, 0.1) is 11.8 Å². The van der Waals surface area contributed by atoms with Crippen molar-refractivity contribution in [2.45, 2.75) is 82.6 Å². The van der Waals surface area contributed by atoms with Gasteiger partial charge in [-0.05, 0) is 62.0 Å². The first-order valence-corrected chi connectivity index (χ1v) is 12.3. The summed E-state index contributed by atoms with van der Waals surface area (Å²) >= 11 is 0. The summed E-state index contributed by atoms with van der Waals surface area (Å²) < 4.78 is 1.96. The number of likely N-dealkylation sites (tertiary alicyclic amines) is 1. The van der Waals surface area contributed by atoms with E-state index in [9.17, 15) is 14.7 Å². The van der Waals surface area contributed by atoms with Gasteiger partial charge in [0.1, 0.15) is 0 Å². The Morgan fingerprint density at radius 2 is 1.91 bits per heavy atom. The molecular formula is C26H35N3O3. The number of hydrogen-bond donors (Lipinski definition) is 1. The molecule has 3 fully saturated rings. The summed E-state index contributed by atoms with van der Waals surface area (Å²) in [5.41, 5.74) is 3.14. The van der Waals surface area contributed by atoms with Gasteiger partial charge < -0.3 is 10.0 Å². The Balaban J connectivity index is 1.42. The number of nitrogens with zero attached hydrogens (tertiary/aromatic N) is 3. The SMILES string of the molecule is Cn1nc(C(C)(C)CC(=O)N2CCCC3C(C(=O)O)CCCC32)c2c(C3CC3)cccc21. The Morgan fingerprint density at radius 1 is 1.12 bits per heavy atom. The third-order valence-electron chi connectivity index (χ3n) is 8.16. The average Bonchev–Trinajstić information content (AvgIpc) is 3.55. The maximum Gasteiger partial charge on any atom is 0.306 e. The van der Waals surface area contributed by atoms with E-state index in [-0.39, 0.29) is 23.8 Å². The van der Waals surface area contributed by atoms with Crippen LogP contribution in [0.2, 0.25) is 0 Å². The highest BCUT2D eigenvalue weighted by Crippen LogP contribution is 2.46. The molecule has 1 N–H and O–H groups in total. The minimum absolute atomic E-state index is 0.0735. The second-order valence-corrected chi connectivity index (χ2v) is 10.9. The van der Waals surface area contributed by atoms with Crippen LogP contribution in [-0.4, -0.2) is 44.3 Å². The Morgan fingerprint density at radius 3 is 2.62 bits per heavy atom. The third-order valence-corrected chi connectivity index (χ3v) is 8.16. The van der Waals surface area contributed by atoms with Gasteiger partial charge in [-0.15, -0.1) is 0 Å². The fourth-order valence-electron chi connectivity index (χ4n) is 6.41. The highest BCUT2D eigenvalue weighted by Gasteiger charge is 2.44. The molecule has 32 heavy (non-hydrogen) atoms. The van der Waals surface area contributed by atoms with Gasteiger partial charge >= 0.3 is 5.97 Å². The molecule has 1 amide bonds. The number of carboxylic acid groups (broad SMARTS) is 1. The summed E-state index contributed by atoms with van der Waals surface area (Å²) in [6.07, 6.45) is 7.25. The molecule has 0 bridgehead atoms. The van der Waals surface area contributed by atoms with E-state index in [2.05, 4.69) is 32.0 Å². The van der Waals surface area contributed by atoms with E-state index >= 15 is 0 Å². The zero-order valence-electron chi connectivity index (χ0n) is 19.5. The number of aliphatic carboxylic acids is 1. The minimum Gasteiger partial charge on any atom is -0.481 e. The monoisotopic (exact) mass is 437 g/mol. The van der Waals surface area contributed by atoms with E-state index in [1.807, 2.05) is 16.6 Å². The first-order valence-electron chi connectivity index (χ1n) is 12.3.